The second-order valence-corrected chi connectivity index (χ2v) is 6.49. The zero-order chi connectivity index (χ0) is 15.5. The molecule has 0 radical (unpaired) electrons. The van der Waals surface area contributed by atoms with Crippen molar-refractivity contribution in [3.63, 3.8) is 0 Å². The monoisotopic (exact) mass is 277 g/mol. The molecule has 0 saturated heterocycles. The van der Waals surface area contributed by atoms with Crippen LogP contribution < -0.4 is 16.0 Å². The molecule has 3 N–H and O–H groups in total. The van der Waals surface area contributed by atoms with E-state index in [1.807, 2.05) is 31.1 Å². The van der Waals surface area contributed by atoms with Gasteiger partial charge in [-0.3, -0.25) is 4.79 Å². The lowest BCUT2D eigenvalue weighted by Gasteiger charge is -2.29. The molecule has 0 bridgehead atoms. The van der Waals surface area contributed by atoms with E-state index in [1.165, 1.54) is 0 Å². The molecular formula is C16H27N3O. The van der Waals surface area contributed by atoms with E-state index in [4.69, 9.17) is 5.73 Å². The van der Waals surface area contributed by atoms with E-state index in [0.717, 1.165) is 5.69 Å². The fourth-order valence-electron chi connectivity index (χ4n) is 1.72. The first kappa shape index (κ1) is 16.3. The highest BCUT2D eigenvalue weighted by atomic mass is 16.1. The minimum absolute atomic E-state index is 0.0734. The summed E-state index contributed by atoms with van der Waals surface area (Å²) in [6.45, 7) is 9.29. The van der Waals surface area contributed by atoms with Gasteiger partial charge in [0.2, 0.25) is 0 Å². The van der Waals surface area contributed by atoms with E-state index in [2.05, 4.69) is 33.0 Å². The summed E-state index contributed by atoms with van der Waals surface area (Å²) >= 11 is 0. The Bertz CT molecular complexity index is 479. The van der Waals surface area contributed by atoms with Crippen molar-refractivity contribution < 1.29 is 4.79 Å². The van der Waals surface area contributed by atoms with Crippen LogP contribution in [0.15, 0.2) is 18.2 Å². The fraction of sp³-hybridized carbons (Fsp3) is 0.562. The average molecular weight is 277 g/mol. The van der Waals surface area contributed by atoms with Crippen molar-refractivity contribution in [3.05, 3.63) is 23.8 Å². The van der Waals surface area contributed by atoms with Crippen molar-refractivity contribution in [1.82, 2.24) is 5.32 Å². The minimum Gasteiger partial charge on any atom is -0.397 e. The maximum Gasteiger partial charge on any atom is 0.251 e. The summed E-state index contributed by atoms with van der Waals surface area (Å²) in [6.07, 6.45) is 0. The molecule has 1 amide bonds. The van der Waals surface area contributed by atoms with E-state index in [9.17, 15) is 4.79 Å². The number of nitrogens with one attached hydrogen (secondary N) is 1. The van der Waals surface area contributed by atoms with Crippen LogP contribution in [0.1, 0.15) is 38.1 Å². The van der Waals surface area contributed by atoms with Crippen LogP contribution in [0.25, 0.3) is 0 Å². The van der Waals surface area contributed by atoms with Crippen LogP contribution in [0.3, 0.4) is 0 Å². The van der Waals surface area contributed by atoms with Crippen molar-refractivity contribution in [1.29, 1.82) is 0 Å². The summed E-state index contributed by atoms with van der Waals surface area (Å²) in [7, 11) is 3.85. The number of carbonyl (C=O) groups excluding carboxylic acids is 1. The van der Waals surface area contributed by atoms with Gasteiger partial charge < -0.3 is 16.0 Å². The zero-order valence-corrected chi connectivity index (χ0v) is 13.4. The summed E-state index contributed by atoms with van der Waals surface area (Å²) in [5.74, 6) is 0.430. The number of amides is 1. The largest absolute Gasteiger partial charge is 0.397 e. The van der Waals surface area contributed by atoms with Gasteiger partial charge in [-0.15, -0.1) is 0 Å². The van der Waals surface area contributed by atoms with Crippen molar-refractivity contribution in [2.45, 2.75) is 27.7 Å². The molecule has 1 rings (SSSR count). The minimum atomic E-state index is -0.0734. The van der Waals surface area contributed by atoms with Crippen molar-refractivity contribution in [2.24, 2.45) is 11.3 Å². The van der Waals surface area contributed by atoms with Crippen LogP contribution in [0, 0.1) is 11.3 Å². The molecule has 20 heavy (non-hydrogen) atoms. The molecule has 0 atom stereocenters. The normalized spacial score (nSPS) is 11.6. The number of anilines is 2. The highest BCUT2D eigenvalue weighted by Crippen LogP contribution is 2.25. The van der Waals surface area contributed by atoms with E-state index >= 15 is 0 Å². The SMILES string of the molecule is CC(C)C(C)(C)CNC(=O)c1ccc(N(C)C)c(N)c1. The van der Waals surface area contributed by atoms with Crippen LogP contribution >= 0.6 is 0 Å². The molecule has 0 spiro atoms. The highest BCUT2D eigenvalue weighted by molar-refractivity contribution is 5.96. The molecule has 0 aliphatic rings. The van der Waals surface area contributed by atoms with E-state index in [0.29, 0.717) is 23.7 Å². The van der Waals surface area contributed by atoms with Gasteiger partial charge in [0.05, 0.1) is 11.4 Å². The Morgan fingerprint density at radius 1 is 1.35 bits per heavy atom. The Morgan fingerprint density at radius 2 is 1.95 bits per heavy atom. The molecule has 0 aliphatic carbocycles. The molecule has 0 saturated carbocycles. The standard InChI is InChI=1S/C16H27N3O/c1-11(2)16(3,4)10-18-15(20)12-7-8-14(19(5)6)13(17)9-12/h7-9,11H,10,17H2,1-6H3,(H,18,20). The summed E-state index contributed by atoms with van der Waals surface area (Å²) < 4.78 is 0. The van der Waals surface area contributed by atoms with Gasteiger partial charge in [0.25, 0.3) is 5.91 Å². The average Bonchev–Trinajstić information content (AvgIpc) is 2.35. The lowest BCUT2D eigenvalue weighted by molar-refractivity contribution is 0.0925. The number of hydrogen-bond donors (Lipinski definition) is 2. The number of nitrogens with zero attached hydrogens (tertiary/aromatic N) is 1. The Morgan fingerprint density at radius 3 is 2.40 bits per heavy atom. The molecule has 112 valence electrons. The summed E-state index contributed by atoms with van der Waals surface area (Å²) in [6, 6.07) is 5.41. The van der Waals surface area contributed by atoms with E-state index in [-0.39, 0.29) is 11.3 Å². The first-order valence-electron chi connectivity index (χ1n) is 7.00. The highest BCUT2D eigenvalue weighted by Gasteiger charge is 2.23. The van der Waals surface area contributed by atoms with Crippen molar-refractivity contribution in [3.8, 4) is 0 Å². The maximum atomic E-state index is 12.2. The molecular weight excluding hydrogens is 250 g/mol. The van der Waals surface area contributed by atoms with Gasteiger partial charge in [-0.05, 0) is 29.5 Å². The van der Waals surface area contributed by atoms with Crippen LogP contribution in [-0.2, 0) is 0 Å². The molecule has 1 aromatic rings. The van der Waals surface area contributed by atoms with Gasteiger partial charge in [-0.2, -0.15) is 0 Å². The lowest BCUT2D eigenvalue weighted by atomic mass is 9.81. The Balaban J connectivity index is 2.77. The lowest BCUT2D eigenvalue weighted by Crippen LogP contribution is -2.37. The van der Waals surface area contributed by atoms with E-state index < -0.39 is 0 Å². The first-order valence-corrected chi connectivity index (χ1v) is 7.00. The second kappa shape index (κ2) is 6.16. The molecule has 0 heterocycles. The molecule has 1 aromatic carbocycles. The topological polar surface area (TPSA) is 58.4 Å². The molecule has 0 fully saturated rings. The van der Waals surface area contributed by atoms with Gasteiger partial charge in [-0.1, -0.05) is 27.7 Å². The third kappa shape index (κ3) is 3.89. The summed E-state index contributed by atoms with van der Waals surface area (Å²) in [5.41, 5.74) is 8.18. The van der Waals surface area contributed by atoms with Crippen molar-refractivity contribution >= 4 is 17.3 Å². The van der Waals surface area contributed by atoms with Crippen LogP contribution in [0.4, 0.5) is 11.4 Å². The molecule has 0 aromatic heterocycles. The molecule has 4 heteroatoms. The Labute approximate surface area is 122 Å². The Hall–Kier alpha value is -1.71. The molecule has 0 unspecified atom stereocenters. The first-order chi connectivity index (χ1) is 9.15. The van der Waals surface area contributed by atoms with E-state index in [1.54, 1.807) is 6.07 Å². The molecule has 0 aliphatic heterocycles. The second-order valence-electron chi connectivity index (χ2n) is 6.49. The number of hydrogen-bond acceptors (Lipinski definition) is 3. The third-order valence-corrected chi connectivity index (χ3v) is 4.04. The van der Waals surface area contributed by atoms with Crippen molar-refractivity contribution in [2.75, 3.05) is 31.3 Å². The number of carbonyl (C=O) groups is 1. The van der Waals surface area contributed by atoms with Gasteiger partial charge in [-0.25, -0.2) is 0 Å². The number of benzene rings is 1. The maximum absolute atomic E-state index is 12.2. The summed E-state index contributed by atoms with van der Waals surface area (Å²) in [4.78, 5) is 14.1. The fourth-order valence-corrected chi connectivity index (χ4v) is 1.72. The van der Waals surface area contributed by atoms with Crippen LogP contribution in [0.5, 0.6) is 0 Å². The van der Waals surface area contributed by atoms with Gasteiger partial charge in [0, 0.05) is 26.2 Å². The molecule has 4 nitrogen and oxygen atoms in total. The third-order valence-electron chi connectivity index (χ3n) is 4.04. The van der Waals surface area contributed by atoms with Crippen LogP contribution in [0.2, 0.25) is 0 Å². The van der Waals surface area contributed by atoms with Gasteiger partial charge in [0.15, 0.2) is 0 Å². The smallest absolute Gasteiger partial charge is 0.251 e. The summed E-state index contributed by atoms with van der Waals surface area (Å²) in [5, 5.41) is 2.99. The predicted octanol–water partition coefficient (Wildman–Crippen LogP) is 2.75. The van der Waals surface area contributed by atoms with Gasteiger partial charge >= 0.3 is 0 Å². The number of rotatable bonds is 5. The predicted molar refractivity (Wildman–Crippen MR) is 86.1 cm³/mol. The Kier molecular flexibility index (Phi) is 5.03. The number of nitrogen functional groups attached to an aromatic ring is 1. The van der Waals surface area contributed by atoms with Crippen LogP contribution in [-0.4, -0.2) is 26.5 Å². The number of nitrogens with two attached hydrogens (primary N) is 1. The quantitative estimate of drug-likeness (QED) is 0.814. The zero-order valence-electron chi connectivity index (χ0n) is 13.4. The van der Waals surface area contributed by atoms with Gasteiger partial charge in [0.1, 0.15) is 0 Å².